The van der Waals surface area contributed by atoms with Gasteiger partial charge in [-0.15, -0.1) is 0 Å². The third-order valence-electron chi connectivity index (χ3n) is 10.5. The number of halogens is 1. The van der Waals surface area contributed by atoms with Gasteiger partial charge in [0.2, 0.25) is 11.8 Å². The maximum atomic E-state index is 15.2. The van der Waals surface area contributed by atoms with Crippen molar-refractivity contribution >= 4 is 56.1 Å². The minimum atomic E-state index is -1.50. The summed E-state index contributed by atoms with van der Waals surface area (Å²) in [5.41, 5.74) is -0.201. The number of nitrogens with zero attached hydrogens (tertiary/aromatic N) is 2. The Morgan fingerprint density at radius 2 is 1.70 bits per heavy atom. The van der Waals surface area contributed by atoms with Gasteiger partial charge in [-0.3, -0.25) is 19.2 Å². The normalized spacial score (nSPS) is 31.3. The average molecular weight is 743 g/mol. The van der Waals surface area contributed by atoms with Crippen LogP contribution in [-0.4, -0.2) is 76.7 Å². The van der Waals surface area contributed by atoms with E-state index in [-0.39, 0.29) is 25.5 Å². The number of benzene rings is 3. The summed E-state index contributed by atoms with van der Waals surface area (Å²) >= 11 is 3.61. The Balaban J connectivity index is 1.37. The fraction of sp³-hybridized carbons (Fsp3) is 0.385. The number of hydrogen-bond donors (Lipinski definition) is 2. The van der Waals surface area contributed by atoms with Gasteiger partial charge in [-0.2, -0.15) is 0 Å². The first-order valence-corrected chi connectivity index (χ1v) is 18.0. The minimum absolute atomic E-state index is 0.153. The number of rotatable bonds is 5. The molecule has 5 bridgehead atoms. The van der Waals surface area contributed by atoms with Crippen LogP contribution < -0.4 is 10.2 Å². The average Bonchev–Trinajstić information content (AvgIpc) is 3.72. The van der Waals surface area contributed by atoms with Gasteiger partial charge in [-0.05, 0) is 54.3 Å². The number of hydrogen-bond acceptors (Lipinski definition) is 7. The van der Waals surface area contributed by atoms with E-state index in [4.69, 9.17) is 9.47 Å². The second kappa shape index (κ2) is 13.8. The highest BCUT2D eigenvalue weighted by Crippen LogP contribution is 2.59. The van der Waals surface area contributed by atoms with Crippen molar-refractivity contribution < 1.29 is 33.8 Å². The van der Waals surface area contributed by atoms with Crippen LogP contribution in [0.1, 0.15) is 44.8 Å². The summed E-state index contributed by atoms with van der Waals surface area (Å²) in [4.78, 5) is 60.4. The van der Waals surface area contributed by atoms with E-state index in [1.165, 1.54) is 4.90 Å². The number of cyclic esters (lactones) is 1. The van der Waals surface area contributed by atoms with Crippen LogP contribution in [0.5, 0.6) is 0 Å². The van der Waals surface area contributed by atoms with Crippen molar-refractivity contribution in [2.24, 2.45) is 11.8 Å². The van der Waals surface area contributed by atoms with Crippen LogP contribution in [0.2, 0.25) is 0 Å². The molecule has 2 saturated heterocycles. The zero-order valence-corrected chi connectivity index (χ0v) is 29.5. The van der Waals surface area contributed by atoms with Crippen molar-refractivity contribution in [3.63, 3.8) is 0 Å². The van der Waals surface area contributed by atoms with E-state index >= 15 is 4.79 Å². The molecule has 3 amide bonds. The number of likely N-dealkylation sites (tertiary alicyclic amines) is 1. The summed E-state index contributed by atoms with van der Waals surface area (Å²) in [5, 5.41) is 15.5. The number of anilines is 1. The summed E-state index contributed by atoms with van der Waals surface area (Å²) in [6.07, 6.45) is 4.74. The van der Waals surface area contributed by atoms with Gasteiger partial charge in [-0.25, -0.2) is 0 Å². The molecule has 8 atom stereocenters. The van der Waals surface area contributed by atoms with Crippen LogP contribution in [0.4, 0.5) is 5.69 Å². The van der Waals surface area contributed by atoms with Crippen molar-refractivity contribution in [1.82, 2.24) is 10.2 Å². The lowest BCUT2D eigenvalue weighted by Crippen LogP contribution is -2.58. The van der Waals surface area contributed by atoms with Crippen molar-refractivity contribution in [2.75, 3.05) is 18.1 Å². The Morgan fingerprint density at radius 3 is 2.44 bits per heavy atom. The topological polar surface area (TPSA) is 125 Å². The zero-order valence-electron chi connectivity index (χ0n) is 27.9. The largest absolute Gasteiger partial charge is 0.455 e. The Labute approximate surface area is 299 Å². The molecule has 3 aromatic carbocycles. The first-order chi connectivity index (χ1) is 24.2. The van der Waals surface area contributed by atoms with Crippen LogP contribution in [0.25, 0.3) is 10.8 Å². The van der Waals surface area contributed by atoms with Crippen molar-refractivity contribution in [2.45, 2.75) is 69.0 Å². The fourth-order valence-electron chi connectivity index (χ4n) is 8.05. The molecule has 11 heteroatoms. The number of carbonyl (C=O) groups excluding carboxylic acids is 4. The number of allylic oxidation sites excluding steroid dienone is 1. The molecule has 260 valence electrons. The Hall–Kier alpha value is -4.32. The molecule has 0 radical (unpaired) electrons. The second-order valence-corrected chi connectivity index (χ2v) is 14.3. The first-order valence-electron chi connectivity index (χ1n) is 17.2. The lowest BCUT2D eigenvalue weighted by Gasteiger charge is -2.38. The van der Waals surface area contributed by atoms with E-state index in [0.717, 1.165) is 10.8 Å². The Bertz CT molecular complexity index is 1880. The van der Waals surface area contributed by atoms with E-state index in [0.29, 0.717) is 28.6 Å². The molecule has 4 aliphatic heterocycles. The molecule has 2 fully saturated rings. The van der Waals surface area contributed by atoms with Gasteiger partial charge in [0, 0.05) is 23.1 Å². The third-order valence-corrected chi connectivity index (χ3v) is 11.1. The molecule has 50 heavy (non-hydrogen) atoms. The van der Waals surface area contributed by atoms with Crippen LogP contribution >= 0.6 is 15.9 Å². The molecule has 0 aromatic heterocycles. The highest BCUT2D eigenvalue weighted by molar-refractivity contribution is 9.11. The molecule has 4 aliphatic rings. The van der Waals surface area contributed by atoms with E-state index < -0.39 is 65.6 Å². The fourth-order valence-corrected chi connectivity index (χ4v) is 8.78. The number of ether oxygens (including phenoxy) is 2. The lowest BCUT2D eigenvalue weighted by molar-refractivity contribution is -0.161. The monoisotopic (exact) mass is 741 g/mol. The number of esters is 1. The van der Waals surface area contributed by atoms with Gasteiger partial charge in [0.15, 0.2) is 0 Å². The number of nitrogens with one attached hydrogen (secondary N) is 1. The lowest BCUT2D eigenvalue weighted by atomic mass is 9.74. The van der Waals surface area contributed by atoms with Gasteiger partial charge in [-0.1, -0.05) is 95.7 Å². The van der Waals surface area contributed by atoms with Gasteiger partial charge in [0.1, 0.15) is 29.8 Å². The number of fused-ring (bicyclic) bond motifs is 3. The van der Waals surface area contributed by atoms with Crippen LogP contribution in [0.15, 0.2) is 95.5 Å². The first kappa shape index (κ1) is 34.1. The van der Waals surface area contributed by atoms with Crippen LogP contribution in [0, 0.1) is 11.8 Å². The van der Waals surface area contributed by atoms with Crippen LogP contribution in [0.3, 0.4) is 0 Å². The molecule has 4 heterocycles. The summed E-state index contributed by atoms with van der Waals surface area (Å²) in [6, 6.07) is 20.3. The molecule has 0 saturated carbocycles. The number of aliphatic hydroxyl groups excluding tert-OH is 1. The van der Waals surface area contributed by atoms with Crippen LogP contribution in [-0.2, 0) is 28.7 Å². The van der Waals surface area contributed by atoms with E-state index in [9.17, 15) is 19.5 Å². The predicted molar refractivity (Wildman–Crippen MR) is 191 cm³/mol. The molecular weight excluding hydrogens is 702 g/mol. The van der Waals surface area contributed by atoms with E-state index in [1.807, 2.05) is 91.9 Å². The van der Waals surface area contributed by atoms with Crippen molar-refractivity contribution in [1.29, 1.82) is 0 Å². The van der Waals surface area contributed by atoms with Gasteiger partial charge >= 0.3 is 5.97 Å². The number of amides is 3. The molecular formula is C39H40BrN3O7. The van der Waals surface area contributed by atoms with E-state index in [1.54, 1.807) is 17.9 Å². The zero-order chi connectivity index (χ0) is 35.2. The third kappa shape index (κ3) is 5.75. The predicted octanol–water partition coefficient (Wildman–Crippen LogP) is 4.96. The molecule has 10 nitrogen and oxygen atoms in total. The van der Waals surface area contributed by atoms with Gasteiger partial charge in [0.25, 0.3) is 5.91 Å². The highest BCUT2D eigenvalue weighted by atomic mass is 79.9. The maximum Gasteiger partial charge on any atom is 0.313 e. The molecule has 0 aliphatic carbocycles. The standard InChI is InChI=1S/C39H40BrN3O7/c1-3-27(22-44)43-35-37(47)42(28-18-17-24-12-9-10-15-26(24)20-28)19-11-5-8-16-30(45)41-23(2)33(25-13-6-4-7-14-25)49-38(48)31-32(36(43)46)39(35)21-29(40)34(31)50-39/h4-7,9-15,17-18,20-21,23,27,31-35,44H,3,8,16,19,22H2,1-2H3,(H,41,45)/b11-5-/t23-,27+,31+,32-,33+,34+,35+,39-/m1/s1. The molecule has 3 aromatic rings. The summed E-state index contributed by atoms with van der Waals surface area (Å²) in [5.74, 6) is -3.90. The smallest absolute Gasteiger partial charge is 0.313 e. The summed E-state index contributed by atoms with van der Waals surface area (Å²) in [6.45, 7) is 3.41. The van der Waals surface area contributed by atoms with Crippen molar-refractivity contribution in [3.8, 4) is 0 Å². The van der Waals surface area contributed by atoms with E-state index in [2.05, 4.69) is 21.2 Å². The Kier molecular flexibility index (Phi) is 9.40. The van der Waals surface area contributed by atoms with Crippen molar-refractivity contribution in [3.05, 3.63) is 101 Å². The summed E-state index contributed by atoms with van der Waals surface area (Å²) < 4.78 is 13.5. The second-order valence-electron chi connectivity index (χ2n) is 13.4. The maximum absolute atomic E-state index is 15.2. The molecule has 1 spiro atoms. The molecule has 7 rings (SSSR count). The number of aliphatic hydroxyl groups is 1. The molecule has 2 N–H and O–H groups in total. The SMILES string of the molecule is CC[C@@H](CO)N1C(=O)[C@H]2[C@@H]3C(=O)O[C@H](c4ccccc4)[C@@H](C)NC(=O)CC/C=C\CN(c4ccc5ccccc5c4)C(=O)[C@H]1[C@@]21C=C(Br)[C@@H]3O1. The minimum Gasteiger partial charge on any atom is -0.455 e. The quantitative estimate of drug-likeness (QED) is 0.280. The highest BCUT2D eigenvalue weighted by Gasteiger charge is 2.75. The van der Waals surface area contributed by atoms with Gasteiger partial charge < -0.3 is 29.7 Å². The van der Waals surface area contributed by atoms with Gasteiger partial charge in [0.05, 0.1) is 24.6 Å². The number of carbonyl (C=O) groups is 4. The summed E-state index contributed by atoms with van der Waals surface area (Å²) in [7, 11) is 0. The molecule has 0 unspecified atom stereocenters. The Morgan fingerprint density at radius 1 is 0.960 bits per heavy atom.